The van der Waals surface area contributed by atoms with Crippen LogP contribution in [0.3, 0.4) is 0 Å². The molecule has 1 fully saturated rings. The Morgan fingerprint density at radius 1 is 1.26 bits per heavy atom. The minimum absolute atomic E-state index is 0.0328. The van der Waals surface area contributed by atoms with E-state index < -0.39 is 21.8 Å². The normalized spacial score (nSPS) is 20.5. The Bertz CT molecular complexity index is 1150. The molecule has 0 bridgehead atoms. The molecule has 0 spiro atoms. The molecule has 4 rings (SSSR count). The molecule has 1 atom stereocenters. The molecular formula is C20H22N4O5S2. The average Bonchev–Trinajstić information content (AvgIpc) is 3.29. The molecule has 31 heavy (non-hydrogen) atoms. The number of carbonyl (C=O) groups is 2. The van der Waals surface area contributed by atoms with E-state index in [-0.39, 0.29) is 36.0 Å². The first-order valence-electron chi connectivity index (χ1n) is 9.79. The lowest BCUT2D eigenvalue weighted by molar-refractivity contribution is -0.133. The summed E-state index contributed by atoms with van der Waals surface area (Å²) in [6.45, 7) is 1.92. The molecule has 2 aliphatic heterocycles. The fraction of sp³-hybridized carbons (Fsp3) is 0.400. The van der Waals surface area contributed by atoms with Crippen LogP contribution in [0, 0.1) is 6.92 Å². The van der Waals surface area contributed by atoms with Crippen LogP contribution in [0.5, 0.6) is 5.75 Å². The maximum absolute atomic E-state index is 12.8. The number of rotatable bonds is 5. The van der Waals surface area contributed by atoms with Crippen molar-refractivity contribution in [3.8, 4) is 17.0 Å². The highest BCUT2D eigenvalue weighted by molar-refractivity contribution is 7.91. The smallest absolute Gasteiger partial charge is 0.273 e. The number of thiazole rings is 1. The van der Waals surface area contributed by atoms with E-state index >= 15 is 0 Å². The number of hydrogen-bond donors (Lipinski definition) is 1. The van der Waals surface area contributed by atoms with E-state index in [2.05, 4.69) is 15.4 Å². The van der Waals surface area contributed by atoms with Gasteiger partial charge in [0.1, 0.15) is 11.5 Å². The number of ether oxygens (including phenoxy) is 1. The molecule has 11 heteroatoms. The van der Waals surface area contributed by atoms with Crippen molar-refractivity contribution in [2.24, 2.45) is 5.10 Å². The summed E-state index contributed by atoms with van der Waals surface area (Å²) in [7, 11) is -1.57. The van der Waals surface area contributed by atoms with Gasteiger partial charge in [-0.15, -0.1) is 11.3 Å². The monoisotopic (exact) mass is 462 g/mol. The number of methoxy groups -OCH3 is 1. The maximum atomic E-state index is 12.8. The fourth-order valence-electron chi connectivity index (χ4n) is 3.62. The summed E-state index contributed by atoms with van der Waals surface area (Å²) >= 11 is 1.35. The van der Waals surface area contributed by atoms with Gasteiger partial charge in [0, 0.05) is 23.3 Å². The molecule has 3 heterocycles. The van der Waals surface area contributed by atoms with Gasteiger partial charge in [-0.3, -0.25) is 14.9 Å². The first kappa shape index (κ1) is 21.4. The third-order valence-electron chi connectivity index (χ3n) is 5.26. The minimum atomic E-state index is -3.17. The highest BCUT2D eigenvalue weighted by Gasteiger charge is 2.37. The van der Waals surface area contributed by atoms with Crippen molar-refractivity contribution in [1.82, 2.24) is 9.99 Å². The number of carbonyl (C=O) groups excluding carboxylic acids is 2. The summed E-state index contributed by atoms with van der Waals surface area (Å²) in [6, 6.07) is 6.98. The summed E-state index contributed by atoms with van der Waals surface area (Å²) in [4.78, 5) is 30.5. The second-order valence-corrected chi connectivity index (χ2v) is 10.9. The molecule has 1 saturated heterocycles. The Balaban J connectivity index is 1.50. The molecule has 1 unspecified atom stereocenters. The summed E-state index contributed by atoms with van der Waals surface area (Å²) in [6.07, 6.45) is 0.663. The number of hydrazone groups is 1. The van der Waals surface area contributed by atoms with Crippen LogP contribution in [0.25, 0.3) is 11.3 Å². The van der Waals surface area contributed by atoms with Gasteiger partial charge in [-0.25, -0.2) is 18.4 Å². The summed E-state index contributed by atoms with van der Waals surface area (Å²) < 4.78 is 28.7. The highest BCUT2D eigenvalue weighted by Crippen LogP contribution is 2.31. The topological polar surface area (TPSA) is 118 Å². The van der Waals surface area contributed by atoms with Crippen molar-refractivity contribution in [3.05, 3.63) is 29.1 Å². The molecule has 1 N–H and O–H groups in total. The van der Waals surface area contributed by atoms with Gasteiger partial charge in [0.25, 0.3) is 5.91 Å². The molecular weight excluding hydrogens is 440 g/mol. The van der Waals surface area contributed by atoms with Gasteiger partial charge in [0.15, 0.2) is 15.0 Å². The lowest BCUT2D eigenvalue weighted by atomic mass is 10.1. The quantitative estimate of drug-likeness (QED) is 0.728. The van der Waals surface area contributed by atoms with Crippen LogP contribution in [0.4, 0.5) is 5.13 Å². The molecule has 0 aliphatic carbocycles. The molecule has 0 radical (unpaired) electrons. The van der Waals surface area contributed by atoms with Gasteiger partial charge in [0.2, 0.25) is 5.91 Å². The third kappa shape index (κ3) is 4.62. The molecule has 2 amide bonds. The summed E-state index contributed by atoms with van der Waals surface area (Å²) in [5.74, 6) is -0.0347. The van der Waals surface area contributed by atoms with Gasteiger partial charge in [0.05, 0.1) is 30.4 Å². The molecule has 1 aromatic carbocycles. The van der Waals surface area contributed by atoms with Crippen LogP contribution >= 0.6 is 11.3 Å². The van der Waals surface area contributed by atoms with Crippen molar-refractivity contribution < 1.29 is 22.7 Å². The second kappa shape index (κ2) is 8.39. The Morgan fingerprint density at radius 3 is 2.65 bits per heavy atom. The van der Waals surface area contributed by atoms with E-state index in [9.17, 15) is 18.0 Å². The van der Waals surface area contributed by atoms with Gasteiger partial charge in [-0.2, -0.15) is 5.10 Å². The second-order valence-electron chi connectivity index (χ2n) is 7.45. The van der Waals surface area contributed by atoms with Gasteiger partial charge < -0.3 is 4.74 Å². The largest absolute Gasteiger partial charge is 0.497 e. The number of benzene rings is 1. The van der Waals surface area contributed by atoms with E-state index in [1.54, 1.807) is 7.11 Å². The van der Waals surface area contributed by atoms with Crippen molar-refractivity contribution >= 4 is 43.8 Å². The number of aromatic nitrogens is 1. The average molecular weight is 463 g/mol. The van der Waals surface area contributed by atoms with Crippen LogP contribution in [0.1, 0.15) is 24.1 Å². The zero-order valence-corrected chi connectivity index (χ0v) is 18.8. The molecule has 164 valence electrons. The maximum Gasteiger partial charge on any atom is 0.273 e. The number of hydrogen-bond acceptors (Lipinski definition) is 8. The summed E-state index contributed by atoms with van der Waals surface area (Å²) in [5.41, 5.74) is 1.87. The van der Waals surface area contributed by atoms with Gasteiger partial charge in [-0.05, 0) is 37.6 Å². The number of aryl methyl sites for hydroxylation is 1. The first-order chi connectivity index (χ1) is 14.8. The Hall–Kier alpha value is -2.79. The number of nitrogens with zero attached hydrogens (tertiary/aromatic N) is 3. The minimum Gasteiger partial charge on any atom is -0.497 e. The number of nitrogens with one attached hydrogen (secondary N) is 1. The standard InChI is InChI=1S/C20H22N4O5S2/c1-12-18(13-3-5-15(29-2)6-4-13)21-20(30-12)22-19(26)16-7-8-17(25)24(23-16)14-9-10-31(27,28)11-14/h3-6,14H,7-11H2,1-2H3,(H,21,22,26). The zero-order valence-electron chi connectivity index (χ0n) is 17.1. The number of anilines is 1. The Morgan fingerprint density at radius 2 is 2.00 bits per heavy atom. The van der Waals surface area contributed by atoms with Crippen molar-refractivity contribution in [3.63, 3.8) is 0 Å². The van der Waals surface area contributed by atoms with Crippen LogP contribution in [-0.4, -0.2) is 60.6 Å². The third-order valence-corrected chi connectivity index (χ3v) is 7.89. The predicted octanol–water partition coefficient (Wildman–Crippen LogP) is 2.23. The van der Waals surface area contributed by atoms with Gasteiger partial charge in [-0.1, -0.05) is 0 Å². The zero-order chi connectivity index (χ0) is 22.2. The van der Waals surface area contributed by atoms with E-state index in [1.165, 1.54) is 16.3 Å². The fourth-order valence-corrected chi connectivity index (χ4v) is 6.15. The van der Waals surface area contributed by atoms with Crippen LogP contribution in [-0.2, 0) is 19.4 Å². The van der Waals surface area contributed by atoms with E-state index in [0.29, 0.717) is 11.6 Å². The number of sulfone groups is 1. The lowest BCUT2D eigenvalue weighted by Gasteiger charge is -2.27. The molecule has 9 nitrogen and oxygen atoms in total. The Kier molecular flexibility index (Phi) is 5.80. The Labute approximate surface area is 184 Å². The summed E-state index contributed by atoms with van der Waals surface area (Å²) in [5, 5.41) is 8.58. The number of amides is 2. The molecule has 0 saturated carbocycles. The van der Waals surface area contributed by atoms with Crippen molar-refractivity contribution in [2.75, 3.05) is 23.9 Å². The predicted molar refractivity (Wildman–Crippen MR) is 118 cm³/mol. The molecule has 2 aromatic rings. The van der Waals surface area contributed by atoms with Crippen molar-refractivity contribution in [1.29, 1.82) is 0 Å². The van der Waals surface area contributed by atoms with Crippen LogP contribution in [0.2, 0.25) is 0 Å². The van der Waals surface area contributed by atoms with Crippen molar-refractivity contribution in [2.45, 2.75) is 32.2 Å². The van der Waals surface area contributed by atoms with E-state index in [1.807, 2.05) is 31.2 Å². The SMILES string of the molecule is COc1ccc(-c2nc(NC(=O)C3=NN(C4CCS(=O)(=O)C4)C(=O)CC3)sc2C)cc1. The lowest BCUT2D eigenvalue weighted by Crippen LogP contribution is -2.42. The van der Waals surface area contributed by atoms with Crippen LogP contribution < -0.4 is 10.1 Å². The van der Waals surface area contributed by atoms with E-state index in [4.69, 9.17) is 4.74 Å². The molecule has 1 aromatic heterocycles. The highest BCUT2D eigenvalue weighted by atomic mass is 32.2. The van der Waals surface area contributed by atoms with Gasteiger partial charge >= 0.3 is 0 Å². The van der Waals surface area contributed by atoms with Crippen LogP contribution in [0.15, 0.2) is 29.4 Å². The van der Waals surface area contributed by atoms with E-state index in [0.717, 1.165) is 21.9 Å². The molecule has 2 aliphatic rings. The first-order valence-corrected chi connectivity index (χ1v) is 12.4.